The molecule has 2 aromatic carbocycles. The average Bonchev–Trinajstić information content (AvgIpc) is 2.29. The van der Waals surface area contributed by atoms with Crippen molar-refractivity contribution in [3.05, 3.63) is 59.9 Å². The molecular weight excluding hydrogens is 199 g/mol. The van der Waals surface area contributed by atoms with Gasteiger partial charge in [-0.1, -0.05) is 50.2 Å². The zero-order valence-electron chi connectivity index (χ0n) is 9.57. The molecule has 0 fully saturated rings. The smallest absolute Gasteiger partial charge is 0.124 e. The molecule has 82 valence electrons. The van der Waals surface area contributed by atoms with E-state index >= 15 is 0 Å². The minimum absolute atomic E-state index is 0.162. The highest BCUT2D eigenvalue weighted by molar-refractivity contribution is 5.64. The monoisotopic (exact) mass is 214 g/mol. The van der Waals surface area contributed by atoms with Gasteiger partial charge in [0.2, 0.25) is 0 Å². The molecule has 0 aliphatic carbocycles. The molecule has 0 amide bonds. The predicted molar refractivity (Wildman–Crippen MR) is 65.9 cm³/mol. The van der Waals surface area contributed by atoms with Crippen LogP contribution >= 0.6 is 0 Å². The van der Waals surface area contributed by atoms with Crippen molar-refractivity contribution in [2.45, 2.75) is 19.8 Å². The first-order chi connectivity index (χ1) is 7.66. The van der Waals surface area contributed by atoms with Gasteiger partial charge in [0.15, 0.2) is 0 Å². The summed E-state index contributed by atoms with van der Waals surface area (Å²) in [4.78, 5) is 0. The maximum absolute atomic E-state index is 13.5. The second kappa shape index (κ2) is 4.48. The molecule has 2 aromatic rings. The van der Waals surface area contributed by atoms with Crippen molar-refractivity contribution < 1.29 is 4.39 Å². The van der Waals surface area contributed by atoms with Gasteiger partial charge in [-0.25, -0.2) is 4.39 Å². The molecule has 0 heterocycles. The Bertz CT molecular complexity index is 472. The summed E-state index contributed by atoms with van der Waals surface area (Å²) in [6.45, 7) is 4.15. The minimum atomic E-state index is -0.162. The van der Waals surface area contributed by atoms with E-state index < -0.39 is 0 Å². The Kier molecular flexibility index (Phi) is 3.04. The lowest BCUT2D eigenvalue weighted by Gasteiger charge is -2.09. The van der Waals surface area contributed by atoms with E-state index in [1.165, 1.54) is 0 Å². The molecule has 0 radical (unpaired) electrons. The number of hydrogen-bond donors (Lipinski definition) is 0. The molecule has 0 N–H and O–H groups in total. The number of benzene rings is 2. The Morgan fingerprint density at radius 2 is 1.56 bits per heavy atom. The van der Waals surface area contributed by atoms with Gasteiger partial charge < -0.3 is 0 Å². The molecule has 0 spiro atoms. The fourth-order valence-electron chi connectivity index (χ4n) is 1.74. The minimum Gasteiger partial charge on any atom is -0.207 e. The SMILES string of the molecule is CC(C)c1cc(F)cc(-c2ccccc2)c1. The summed E-state index contributed by atoms with van der Waals surface area (Å²) >= 11 is 0. The molecule has 0 aliphatic heterocycles. The van der Waals surface area contributed by atoms with Gasteiger partial charge in [0.05, 0.1) is 0 Å². The lowest BCUT2D eigenvalue weighted by atomic mass is 9.97. The predicted octanol–water partition coefficient (Wildman–Crippen LogP) is 4.62. The van der Waals surface area contributed by atoms with Crippen LogP contribution in [-0.4, -0.2) is 0 Å². The maximum Gasteiger partial charge on any atom is 0.124 e. The maximum atomic E-state index is 13.5. The van der Waals surface area contributed by atoms with E-state index in [0.29, 0.717) is 5.92 Å². The third-order valence-electron chi connectivity index (χ3n) is 2.69. The van der Waals surface area contributed by atoms with Crippen molar-refractivity contribution in [2.75, 3.05) is 0 Å². The summed E-state index contributed by atoms with van der Waals surface area (Å²) in [6.07, 6.45) is 0. The summed E-state index contributed by atoms with van der Waals surface area (Å²) < 4.78 is 13.5. The Morgan fingerprint density at radius 3 is 2.19 bits per heavy atom. The van der Waals surface area contributed by atoms with Crippen LogP contribution in [0.2, 0.25) is 0 Å². The molecule has 0 saturated heterocycles. The second-order valence-electron chi connectivity index (χ2n) is 4.29. The van der Waals surface area contributed by atoms with Crippen LogP contribution in [-0.2, 0) is 0 Å². The van der Waals surface area contributed by atoms with E-state index in [0.717, 1.165) is 16.7 Å². The largest absolute Gasteiger partial charge is 0.207 e. The van der Waals surface area contributed by atoms with Gasteiger partial charge >= 0.3 is 0 Å². The van der Waals surface area contributed by atoms with Gasteiger partial charge in [-0.15, -0.1) is 0 Å². The van der Waals surface area contributed by atoms with Crippen LogP contribution in [0.25, 0.3) is 11.1 Å². The second-order valence-corrected chi connectivity index (χ2v) is 4.29. The molecule has 0 nitrogen and oxygen atoms in total. The van der Waals surface area contributed by atoms with E-state index in [1.807, 2.05) is 30.3 Å². The van der Waals surface area contributed by atoms with Crippen molar-refractivity contribution in [1.82, 2.24) is 0 Å². The fraction of sp³-hybridized carbons (Fsp3) is 0.200. The van der Waals surface area contributed by atoms with Crippen LogP contribution in [0.1, 0.15) is 25.3 Å². The normalized spacial score (nSPS) is 10.8. The van der Waals surface area contributed by atoms with Crippen LogP contribution in [0.5, 0.6) is 0 Å². The van der Waals surface area contributed by atoms with Gasteiger partial charge in [-0.3, -0.25) is 0 Å². The van der Waals surface area contributed by atoms with Crippen LogP contribution in [0.3, 0.4) is 0 Å². The summed E-state index contributed by atoms with van der Waals surface area (Å²) in [5.41, 5.74) is 3.05. The first-order valence-corrected chi connectivity index (χ1v) is 5.53. The zero-order chi connectivity index (χ0) is 11.5. The highest BCUT2D eigenvalue weighted by Crippen LogP contribution is 2.25. The molecular formula is C15H15F. The van der Waals surface area contributed by atoms with Gasteiger partial charge in [0.1, 0.15) is 5.82 Å². The van der Waals surface area contributed by atoms with Crippen LogP contribution < -0.4 is 0 Å². The van der Waals surface area contributed by atoms with Gasteiger partial charge in [0.25, 0.3) is 0 Å². The Morgan fingerprint density at radius 1 is 0.875 bits per heavy atom. The molecule has 0 aromatic heterocycles. The molecule has 0 aliphatic rings. The number of halogens is 1. The molecule has 1 heteroatoms. The average molecular weight is 214 g/mol. The van der Waals surface area contributed by atoms with Gasteiger partial charge in [-0.05, 0) is 34.7 Å². The molecule has 0 bridgehead atoms. The topological polar surface area (TPSA) is 0 Å². The highest BCUT2D eigenvalue weighted by Gasteiger charge is 2.05. The summed E-state index contributed by atoms with van der Waals surface area (Å²) in [7, 11) is 0. The van der Waals surface area contributed by atoms with Crippen molar-refractivity contribution in [2.24, 2.45) is 0 Å². The highest BCUT2D eigenvalue weighted by atomic mass is 19.1. The molecule has 0 atom stereocenters. The quantitative estimate of drug-likeness (QED) is 0.684. The summed E-state index contributed by atoms with van der Waals surface area (Å²) in [5.74, 6) is 0.184. The van der Waals surface area contributed by atoms with Crippen molar-refractivity contribution in [3.63, 3.8) is 0 Å². The third kappa shape index (κ3) is 2.30. The van der Waals surface area contributed by atoms with Crippen molar-refractivity contribution in [3.8, 4) is 11.1 Å². The zero-order valence-corrected chi connectivity index (χ0v) is 9.57. The van der Waals surface area contributed by atoms with Gasteiger partial charge in [0, 0.05) is 0 Å². The number of hydrogen-bond acceptors (Lipinski definition) is 0. The molecule has 2 rings (SSSR count). The Hall–Kier alpha value is -1.63. The third-order valence-corrected chi connectivity index (χ3v) is 2.69. The van der Waals surface area contributed by atoms with Crippen molar-refractivity contribution >= 4 is 0 Å². The standard InChI is InChI=1S/C15H15F/c1-11(2)13-8-14(10-15(16)9-13)12-6-4-3-5-7-12/h3-11H,1-2H3. The van der Waals surface area contributed by atoms with Crippen LogP contribution in [0, 0.1) is 5.82 Å². The Labute approximate surface area is 95.7 Å². The Balaban J connectivity index is 2.50. The molecule has 0 unspecified atom stereocenters. The van der Waals surface area contributed by atoms with E-state index in [1.54, 1.807) is 12.1 Å². The molecule has 16 heavy (non-hydrogen) atoms. The van der Waals surface area contributed by atoms with Crippen LogP contribution in [0.15, 0.2) is 48.5 Å². The first kappa shape index (κ1) is 10.9. The van der Waals surface area contributed by atoms with E-state index in [-0.39, 0.29) is 5.82 Å². The summed E-state index contributed by atoms with van der Waals surface area (Å²) in [5, 5.41) is 0. The lowest BCUT2D eigenvalue weighted by molar-refractivity contribution is 0.624. The lowest BCUT2D eigenvalue weighted by Crippen LogP contribution is -1.90. The van der Waals surface area contributed by atoms with E-state index in [4.69, 9.17) is 0 Å². The van der Waals surface area contributed by atoms with E-state index in [2.05, 4.69) is 19.9 Å². The van der Waals surface area contributed by atoms with E-state index in [9.17, 15) is 4.39 Å². The number of rotatable bonds is 2. The summed E-state index contributed by atoms with van der Waals surface area (Å²) in [6, 6.07) is 15.1. The van der Waals surface area contributed by atoms with Gasteiger partial charge in [-0.2, -0.15) is 0 Å². The van der Waals surface area contributed by atoms with Crippen LogP contribution in [0.4, 0.5) is 4.39 Å². The van der Waals surface area contributed by atoms with Crippen molar-refractivity contribution in [1.29, 1.82) is 0 Å². The fourth-order valence-corrected chi connectivity index (χ4v) is 1.74. The molecule has 0 saturated carbocycles. The first-order valence-electron chi connectivity index (χ1n) is 5.53.